The number of hydrogen-bond donors (Lipinski definition) is 1. The van der Waals surface area contributed by atoms with Gasteiger partial charge in [0, 0.05) is 23.9 Å². The van der Waals surface area contributed by atoms with Crippen LogP contribution >= 0.6 is 11.3 Å². The number of carbonyl (C=O) groups excluding carboxylic acids is 1. The van der Waals surface area contributed by atoms with Crippen LogP contribution in [0.4, 0.5) is 4.39 Å². The van der Waals surface area contributed by atoms with Crippen LogP contribution in [0, 0.1) is 11.7 Å². The molecule has 2 aromatic carbocycles. The quantitative estimate of drug-likeness (QED) is 0.602. The molecule has 1 unspecified atom stereocenters. The zero-order valence-corrected chi connectivity index (χ0v) is 18.4. The van der Waals surface area contributed by atoms with Gasteiger partial charge >= 0.3 is 0 Å². The summed E-state index contributed by atoms with van der Waals surface area (Å²) in [6, 6.07) is 18.0. The number of hydrogen-bond acceptors (Lipinski definition) is 4. The second-order valence-electron chi connectivity index (χ2n) is 7.50. The van der Waals surface area contributed by atoms with Gasteiger partial charge in [0.1, 0.15) is 5.82 Å². The molecule has 4 rings (SSSR count). The second-order valence-corrected chi connectivity index (χ2v) is 10.4. The fourth-order valence-electron chi connectivity index (χ4n) is 3.79. The summed E-state index contributed by atoms with van der Waals surface area (Å²) in [6.45, 7) is 0.602. The molecule has 1 amide bonds. The van der Waals surface area contributed by atoms with Crippen LogP contribution in [0.2, 0.25) is 0 Å². The molecule has 0 saturated carbocycles. The van der Waals surface area contributed by atoms with Crippen molar-refractivity contribution < 1.29 is 17.6 Å². The van der Waals surface area contributed by atoms with Crippen LogP contribution in [0.25, 0.3) is 0 Å². The lowest BCUT2D eigenvalue weighted by Crippen LogP contribution is -2.43. The van der Waals surface area contributed by atoms with Crippen LogP contribution in [-0.2, 0) is 14.8 Å². The van der Waals surface area contributed by atoms with Crippen molar-refractivity contribution in [1.29, 1.82) is 0 Å². The molecule has 5 nitrogen and oxygen atoms in total. The Bertz CT molecular complexity index is 1110. The standard InChI is InChI=1S/C23H23FN2O3S2/c24-19-10-8-17(9-11-19)22(21-7-4-16-30-21)25-23(27)18-12-14-26(15-13-18)31(28,29)20-5-2-1-3-6-20/h1-11,16,18,22H,12-15H2,(H,25,27). The van der Waals surface area contributed by atoms with E-state index >= 15 is 0 Å². The van der Waals surface area contributed by atoms with Gasteiger partial charge in [-0.25, -0.2) is 12.8 Å². The first-order valence-electron chi connectivity index (χ1n) is 10.1. The van der Waals surface area contributed by atoms with Gasteiger partial charge in [0.15, 0.2) is 0 Å². The average molecular weight is 459 g/mol. The molecule has 1 aliphatic rings. The number of thiophene rings is 1. The number of rotatable bonds is 6. The Labute approximate surface area is 185 Å². The molecule has 0 aliphatic carbocycles. The predicted octanol–water partition coefficient (Wildman–Crippen LogP) is 4.19. The van der Waals surface area contributed by atoms with Gasteiger partial charge in [0.05, 0.1) is 10.9 Å². The number of piperidine rings is 1. The Morgan fingerprint density at radius 3 is 2.29 bits per heavy atom. The fourth-order valence-corrected chi connectivity index (χ4v) is 6.08. The van der Waals surface area contributed by atoms with E-state index in [1.807, 2.05) is 17.5 Å². The number of halogens is 1. The summed E-state index contributed by atoms with van der Waals surface area (Å²) in [6.07, 6.45) is 0.914. The van der Waals surface area contributed by atoms with E-state index in [4.69, 9.17) is 0 Å². The van der Waals surface area contributed by atoms with Crippen molar-refractivity contribution in [3.05, 3.63) is 88.4 Å². The highest BCUT2D eigenvalue weighted by molar-refractivity contribution is 7.89. The minimum Gasteiger partial charge on any atom is -0.344 e. The van der Waals surface area contributed by atoms with Gasteiger partial charge in [-0.1, -0.05) is 36.4 Å². The van der Waals surface area contributed by atoms with Gasteiger partial charge < -0.3 is 5.32 Å². The number of nitrogens with one attached hydrogen (secondary N) is 1. The van der Waals surface area contributed by atoms with Gasteiger partial charge in [0.2, 0.25) is 15.9 Å². The minimum atomic E-state index is -3.55. The lowest BCUT2D eigenvalue weighted by atomic mass is 9.96. The monoisotopic (exact) mass is 458 g/mol. The van der Waals surface area contributed by atoms with E-state index in [9.17, 15) is 17.6 Å². The first-order valence-corrected chi connectivity index (χ1v) is 12.4. The fraction of sp³-hybridized carbons (Fsp3) is 0.261. The van der Waals surface area contributed by atoms with Crippen molar-refractivity contribution in [3.63, 3.8) is 0 Å². The van der Waals surface area contributed by atoms with E-state index in [2.05, 4.69) is 5.32 Å². The number of amides is 1. The summed E-state index contributed by atoms with van der Waals surface area (Å²) < 4.78 is 40.4. The van der Waals surface area contributed by atoms with Gasteiger partial charge in [-0.15, -0.1) is 11.3 Å². The van der Waals surface area contributed by atoms with Gasteiger partial charge in [-0.3, -0.25) is 4.79 Å². The van der Waals surface area contributed by atoms with Crippen LogP contribution in [0.15, 0.2) is 77.0 Å². The summed E-state index contributed by atoms with van der Waals surface area (Å²) in [4.78, 5) is 14.3. The minimum absolute atomic E-state index is 0.112. The van der Waals surface area contributed by atoms with Crippen LogP contribution in [0.3, 0.4) is 0 Å². The summed E-state index contributed by atoms with van der Waals surface area (Å²) in [5.74, 6) is -0.711. The molecular weight excluding hydrogens is 435 g/mol. The van der Waals surface area contributed by atoms with E-state index in [-0.39, 0.29) is 28.6 Å². The molecule has 8 heteroatoms. The Morgan fingerprint density at radius 2 is 1.68 bits per heavy atom. The summed E-state index contributed by atoms with van der Waals surface area (Å²) in [5, 5.41) is 5.03. The van der Waals surface area contributed by atoms with Crippen molar-refractivity contribution in [2.45, 2.75) is 23.8 Å². The van der Waals surface area contributed by atoms with Crippen molar-refractivity contribution >= 4 is 27.3 Å². The molecule has 1 saturated heterocycles. The molecule has 0 radical (unpaired) electrons. The van der Waals surface area contributed by atoms with Crippen molar-refractivity contribution in [1.82, 2.24) is 9.62 Å². The molecule has 162 valence electrons. The lowest BCUT2D eigenvalue weighted by molar-refractivity contribution is -0.126. The normalized spacial score (nSPS) is 16.7. The first kappa shape index (κ1) is 21.7. The van der Waals surface area contributed by atoms with Crippen LogP contribution < -0.4 is 5.32 Å². The Morgan fingerprint density at radius 1 is 1.00 bits per heavy atom. The Balaban J connectivity index is 1.43. The highest BCUT2D eigenvalue weighted by Gasteiger charge is 2.33. The molecule has 2 heterocycles. The van der Waals surface area contributed by atoms with Gasteiger partial charge in [0.25, 0.3) is 0 Å². The average Bonchev–Trinajstić information content (AvgIpc) is 3.33. The molecule has 31 heavy (non-hydrogen) atoms. The molecule has 0 bridgehead atoms. The van der Waals surface area contributed by atoms with Crippen LogP contribution in [-0.4, -0.2) is 31.7 Å². The summed E-state index contributed by atoms with van der Waals surface area (Å²) >= 11 is 1.52. The van der Waals surface area contributed by atoms with Crippen molar-refractivity contribution in [2.24, 2.45) is 5.92 Å². The van der Waals surface area contributed by atoms with Gasteiger partial charge in [-0.2, -0.15) is 4.31 Å². The molecule has 1 N–H and O–H groups in total. The van der Waals surface area contributed by atoms with E-state index in [1.54, 1.807) is 42.5 Å². The molecule has 0 spiro atoms. The Kier molecular flexibility index (Phi) is 6.50. The van der Waals surface area contributed by atoms with E-state index < -0.39 is 10.0 Å². The third-order valence-electron chi connectivity index (χ3n) is 5.52. The third kappa shape index (κ3) is 4.87. The Hall–Kier alpha value is -2.55. The largest absolute Gasteiger partial charge is 0.344 e. The zero-order chi connectivity index (χ0) is 21.8. The van der Waals surface area contributed by atoms with E-state index in [1.165, 1.54) is 27.8 Å². The maximum atomic E-state index is 13.4. The molecule has 1 fully saturated rings. The van der Waals surface area contributed by atoms with Crippen LogP contribution in [0.1, 0.15) is 29.3 Å². The SMILES string of the molecule is O=C(NC(c1ccc(F)cc1)c1cccs1)C1CCN(S(=O)(=O)c2ccccc2)CC1. The molecule has 1 aliphatic heterocycles. The second kappa shape index (κ2) is 9.30. The van der Waals surface area contributed by atoms with Crippen LogP contribution in [0.5, 0.6) is 0 Å². The maximum Gasteiger partial charge on any atom is 0.243 e. The highest BCUT2D eigenvalue weighted by Crippen LogP contribution is 2.29. The number of benzene rings is 2. The van der Waals surface area contributed by atoms with E-state index in [0.29, 0.717) is 25.9 Å². The molecule has 1 atom stereocenters. The highest BCUT2D eigenvalue weighted by atomic mass is 32.2. The van der Waals surface area contributed by atoms with E-state index in [0.717, 1.165) is 10.4 Å². The molecule has 3 aromatic rings. The third-order valence-corrected chi connectivity index (χ3v) is 8.37. The van der Waals surface area contributed by atoms with Gasteiger partial charge in [-0.05, 0) is 54.1 Å². The first-order chi connectivity index (χ1) is 14.9. The number of nitrogens with zero attached hydrogens (tertiary/aromatic N) is 1. The molecule has 1 aromatic heterocycles. The van der Waals surface area contributed by atoms with Crippen molar-refractivity contribution in [3.8, 4) is 0 Å². The number of sulfonamides is 1. The zero-order valence-electron chi connectivity index (χ0n) is 16.8. The van der Waals surface area contributed by atoms with Crippen molar-refractivity contribution in [2.75, 3.05) is 13.1 Å². The lowest BCUT2D eigenvalue weighted by Gasteiger charge is -2.31. The summed E-state index contributed by atoms with van der Waals surface area (Å²) in [5.41, 5.74) is 0.807. The smallest absolute Gasteiger partial charge is 0.243 e. The summed E-state index contributed by atoms with van der Waals surface area (Å²) in [7, 11) is -3.55. The molecular formula is C23H23FN2O3S2. The number of carbonyl (C=O) groups is 1. The predicted molar refractivity (Wildman–Crippen MR) is 119 cm³/mol. The topological polar surface area (TPSA) is 66.5 Å². The maximum absolute atomic E-state index is 13.4.